The van der Waals surface area contributed by atoms with Gasteiger partial charge in [0.1, 0.15) is 5.54 Å². The lowest BCUT2D eigenvalue weighted by atomic mass is 10.1. The molecule has 0 aliphatic heterocycles. The molecule has 0 aliphatic rings. The minimum atomic E-state index is -0.411. The summed E-state index contributed by atoms with van der Waals surface area (Å²) in [6.45, 7) is 8.08. The lowest BCUT2D eigenvalue weighted by molar-refractivity contribution is 0.143. The molecule has 0 saturated carbocycles. The largest absolute Gasteiger partial charge is 0.382 e. The zero-order valence-electron chi connectivity index (χ0n) is 8.18. The van der Waals surface area contributed by atoms with Gasteiger partial charge in [0.2, 0.25) is 0 Å². The quantitative estimate of drug-likeness (QED) is 0.611. The smallest absolute Gasteiger partial charge is 0.101 e. The molecule has 0 unspecified atom stereocenters. The van der Waals surface area contributed by atoms with Crippen molar-refractivity contribution in [1.29, 1.82) is 5.26 Å². The maximum absolute atomic E-state index is 8.65. The molecule has 0 heterocycles. The van der Waals surface area contributed by atoms with Gasteiger partial charge in [0.05, 0.1) is 6.07 Å². The fourth-order valence-corrected chi connectivity index (χ4v) is 0.759. The molecule has 3 nitrogen and oxygen atoms in total. The van der Waals surface area contributed by atoms with Crippen molar-refractivity contribution in [2.75, 3.05) is 19.8 Å². The van der Waals surface area contributed by atoms with E-state index in [1.807, 2.05) is 20.8 Å². The molecule has 70 valence electrons. The summed E-state index contributed by atoms with van der Waals surface area (Å²) >= 11 is 0. The Bertz CT molecular complexity index is 149. The fourth-order valence-electron chi connectivity index (χ4n) is 0.759. The van der Waals surface area contributed by atoms with Crippen LogP contribution in [0.4, 0.5) is 0 Å². The number of nitriles is 1. The Morgan fingerprint density at radius 1 is 1.50 bits per heavy atom. The van der Waals surface area contributed by atoms with Gasteiger partial charge in [-0.05, 0) is 33.7 Å². The van der Waals surface area contributed by atoms with E-state index in [9.17, 15) is 0 Å². The van der Waals surface area contributed by atoms with Gasteiger partial charge in [0, 0.05) is 13.2 Å². The van der Waals surface area contributed by atoms with E-state index in [1.54, 1.807) is 0 Å². The zero-order chi connectivity index (χ0) is 9.45. The van der Waals surface area contributed by atoms with E-state index in [0.29, 0.717) is 0 Å². The second-order valence-electron chi connectivity index (χ2n) is 3.21. The van der Waals surface area contributed by atoms with Crippen LogP contribution in [0.15, 0.2) is 0 Å². The van der Waals surface area contributed by atoms with E-state index in [0.717, 1.165) is 26.2 Å². The van der Waals surface area contributed by atoms with Gasteiger partial charge in [0.15, 0.2) is 0 Å². The molecular formula is C9H18N2O. The van der Waals surface area contributed by atoms with Gasteiger partial charge in [-0.1, -0.05) is 0 Å². The van der Waals surface area contributed by atoms with Crippen LogP contribution >= 0.6 is 0 Å². The minimum absolute atomic E-state index is 0.411. The lowest BCUT2D eigenvalue weighted by Crippen LogP contribution is -2.38. The molecule has 0 radical (unpaired) electrons. The van der Waals surface area contributed by atoms with Crippen molar-refractivity contribution in [3.8, 4) is 6.07 Å². The van der Waals surface area contributed by atoms with E-state index in [2.05, 4.69) is 11.4 Å². The number of ether oxygens (including phenoxy) is 1. The van der Waals surface area contributed by atoms with Crippen LogP contribution in [0, 0.1) is 11.3 Å². The number of hydrogen-bond donors (Lipinski definition) is 1. The van der Waals surface area contributed by atoms with Crippen LogP contribution in [0.3, 0.4) is 0 Å². The van der Waals surface area contributed by atoms with Crippen molar-refractivity contribution < 1.29 is 4.74 Å². The standard InChI is InChI=1S/C9H18N2O/c1-4-12-7-5-6-11-9(2,3)8-10/h11H,4-7H2,1-3H3. The molecule has 0 atom stereocenters. The van der Waals surface area contributed by atoms with E-state index in [1.165, 1.54) is 0 Å². The molecule has 0 aromatic carbocycles. The first-order valence-corrected chi connectivity index (χ1v) is 4.36. The normalized spacial score (nSPS) is 11.2. The van der Waals surface area contributed by atoms with Gasteiger partial charge in [-0.25, -0.2) is 0 Å². The van der Waals surface area contributed by atoms with Crippen LogP contribution in [0.5, 0.6) is 0 Å². The molecule has 3 heteroatoms. The second kappa shape index (κ2) is 5.99. The Morgan fingerprint density at radius 3 is 2.67 bits per heavy atom. The van der Waals surface area contributed by atoms with Crippen molar-refractivity contribution in [2.24, 2.45) is 0 Å². The third kappa shape index (κ3) is 6.14. The highest BCUT2D eigenvalue weighted by atomic mass is 16.5. The minimum Gasteiger partial charge on any atom is -0.382 e. The Hall–Kier alpha value is -0.590. The third-order valence-corrected chi connectivity index (χ3v) is 1.52. The number of nitrogens with one attached hydrogen (secondary N) is 1. The van der Waals surface area contributed by atoms with Gasteiger partial charge in [-0.2, -0.15) is 5.26 Å². The fraction of sp³-hybridized carbons (Fsp3) is 0.889. The molecule has 0 saturated heterocycles. The van der Waals surface area contributed by atoms with Crippen LogP contribution in [0.25, 0.3) is 0 Å². The summed E-state index contributed by atoms with van der Waals surface area (Å²) < 4.78 is 5.16. The van der Waals surface area contributed by atoms with Gasteiger partial charge < -0.3 is 4.74 Å². The van der Waals surface area contributed by atoms with Crippen molar-refractivity contribution in [3.05, 3.63) is 0 Å². The number of hydrogen-bond acceptors (Lipinski definition) is 3. The zero-order valence-corrected chi connectivity index (χ0v) is 8.18. The molecule has 0 fully saturated rings. The first-order chi connectivity index (χ1) is 5.62. The van der Waals surface area contributed by atoms with Crippen LogP contribution in [0.2, 0.25) is 0 Å². The first kappa shape index (κ1) is 11.4. The molecule has 0 rings (SSSR count). The average molecular weight is 170 g/mol. The predicted octanol–water partition coefficient (Wildman–Crippen LogP) is 1.30. The lowest BCUT2D eigenvalue weighted by Gasteiger charge is -2.16. The van der Waals surface area contributed by atoms with Crippen molar-refractivity contribution in [2.45, 2.75) is 32.7 Å². The molecule has 12 heavy (non-hydrogen) atoms. The van der Waals surface area contributed by atoms with Gasteiger partial charge in [-0.3, -0.25) is 5.32 Å². The van der Waals surface area contributed by atoms with E-state index in [4.69, 9.17) is 10.00 Å². The summed E-state index contributed by atoms with van der Waals surface area (Å²) in [5.74, 6) is 0. The van der Waals surface area contributed by atoms with Gasteiger partial charge in [-0.15, -0.1) is 0 Å². The second-order valence-corrected chi connectivity index (χ2v) is 3.21. The highest BCUT2D eigenvalue weighted by Gasteiger charge is 2.13. The first-order valence-electron chi connectivity index (χ1n) is 4.36. The van der Waals surface area contributed by atoms with Crippen molar-refractivity contribution in [1.82, 2.24) is 5.32 Å². The SMILES string of the molecule is CCOCCCNC(C)(C)C#N. The summed E-state index contributed by atoms with van der Waals surface area (Å²) in [6, 6.07) is 2.18. The summed E-state index contributed by atoms with van der Waals surface area (Å²) in [4.78, 5) is 0. The number of nitrogens with zero attached hydrogens (tertiary/aromatic N) is 1. The van der Waals surface area contributed by atoms with E-state index >= 15 is 0 Å². The Balaban J connectivity index is 3.27. The van der Waals surface area contributed by atoms with E-state index < -0.39 is 5.54 Å². The molecule has 0 bridgehead atoms. The molecule has 0 aromatic rings. The predicted molar refractivity (Wildman–Crippen MR) is 48.8 cm³/mol. The molecule has 0 aliphatic carbocycles. The average Bonchev–Trinajstić information content (AvgIpc) is 2.04. The molecule has 0 spiro atoms. The Labute approximate surface area is 74.7 Å². The summed E-state index contributed by atoms with van der Waals surface area (Å²) in [7, 11) is 0. The van der Waals surface area contributed by atoms with Gasteiger partial charge >= 0.3 is 0 Å². The molecular weight excluding hydrogens is 152 g/mol. The van der Waals surface area contributed by atoms with Crippen LogP contribution in [-0.2, 0) is 4.74 Å². The van der Waals surface area contributed by atoms with Crippen LogP contribution in [-0.4, -0.2) is 25.3 Å². The highest BCUT2D eigenvalue weighted by Crippen LogP contribution is 1.98. The maximum Gasteiger partial charge on any atom is 0.101 e. The van der Waals surface area contributed by atoms with Gasteiger partial charge in [0.25, 0.3) is 0 Å². The van der Waals surface area contributed by atoms with Crippen molar-refractivity contribution in [3.63, 3.8) is 0 Å². The van der Waals surface area contributed by atoms with Crippen LogP contribution in [0.1, 0.15) is 27.2 Å². The molecule has 0 amide bonds. The monoisotopic (exact) mass is 170 g/mol. The Morgan fingerprint density at radius 2 is 2.17 bits per heavy atom. The number of rotatable bonds is 6. The van der Waals surface area contributed by atoms with Crippen molar-refractivity contribution >= 4 is 0 Å². The highest BCUT2D eigenvalue weighted by molar-refractivity contribution is 4.99. The van der Waals surface area contributed by atoms with E-state index in [-0.39, 0.29) is 0 Å². The summed E-state index contributed by atoms with van der Waals surface area (Å²) in [6.07, 6.45) is 0.957. The van der Waals surface area contributed by atoms with Crippen LogP contribution < -0.4 is 5.32 Å². The summed E-state index contributed by atoms with van der Waals surface area (Å²) in [5.41, 5.74) is -0.411. The maximum atomic E-state index is 8.65. The summed E-state index contributed by atoms with van der Waals surface area (Å²) in [5, 5.41) is 11.8. The Kier molecular flexibility index (Phi) is 5.69. The molecule has 0 aromatic heterocycles. The topological polar surface area (TPSA) is 45.0 Å². The molecule has 1 N–H and O–H groups in total. The third-order valence-electron chi connectivity index (χ3n) is 1.52.